The fourth-order valence-electron chi connectivity index (χ4n) is 1.37. The second-order valence-electron chi connectivity index (χ2n) is 3.91. The lowest BCUT2D eigenvalue weighted by Crippen LogP contribution is -2.05. The van der Waals surface area contributed by atoms with E-state index in [2.05, 4.69) is 9.44 Å². The summed E-state index contributed by atoms with van der Waals surface area (Å²) in [6.07, 6.45) is 0. The van der Waals surface area contributed by atoms with E-state index in [4.69, 9.17) is 5.26 Å². The Bertz CT molecular complexity index is 755. The normalized spacial score (nSPS) is 11.9. The third-order valence-electron chi connectivity index (χ3n) is 2.44. The summed E-state index contributed by atoms with van der Waals surface area (Å²) < 4.78 is 28.4. The van der Waals surface area contributed by atoms with Crippen LogP contribution in [0.15, 0.2) is 51.1 Å². The van der Waals surface area contributed by atoms with E-state index in [9.17, 15) is 8.42 Å². The highest BCUT2D eigenvalue weighted by molar-refractivity contribution is 7.86. The molecule has 102 valence electrons. The summed E-state index contributed by atoms with van der Waals surface area (Å²) in [4.78, 5) is -0.00513. The summed E-state index contributed by atoms with van der Waals surface area (Å²) in [7, 11) is -4.01. The molecule has 0 N–H and O–H groups in total. The average molecular weight is 306 g/mol. The summed E-state index contributed by atoms with van der Waals surface area (Å²) in [6, 6.07) is 9.63. The summed E-state index contributed by atoms with van der Waals surface area (Å²) in [5, 5.41) is 15.8. The van der Waals surface area contributed by atoms with Crippen LogP contribution in [-0.4, -0.2) is 14.1 Å². The molecule has 7 heteroatoms. The molecule has 0 aliphatic rings. The van der Waals surface area contributed by atoms with E-state index < -0.39 is 10.1 Å². The van der Waals surface area contributed by atoms with E-state index >= 15 is 0 Å². The van der Waals surface area contributed by atoms with E-state index in [1.807, 2.05) is 6.92 Å². The predicted molar refractivity (Wildman–Crippen MR) is 75.9 cm³/mol. The minimum Gasteiger partial charge on any atom is -0.263 e. The molecule has 0 radical (unpaired) electrons. The lowest BCUT2D eigenvalue weighted by atomic mass is 10.2. The number of hydrogen-bond donors (Lipinski definition) is 0. The van der Waals surface area contributed by atoms with Gasteiger partial charge in [-0.1, -0.05) is 22.9 Å². The molecular formula is C13H10N2O3S2. The fourth-order valence-corrected chi connectivity index (χ4v) is 2.74. The Labute approximate surface area is 120 Å². The number of thiophene rings is 1. The number of benzene rings is 1. The topological polar surface area (TPSA) is 79.5 Å². The van der Waals surface area contributed by atoms with Crippen molar-refractivity contribution in [3.63, 3.8) is 0 Å². The molecule has 20 heavy (non-hydrogen) atoms. The molecule has 2 aromatic rings. The molecule has 1 heterocycles. The number of nitrogens with zero attached hydrogens (tertiary/aromatic N) is 2. The van der Waals surface area contributed by atoms with Crippen LogP contribution in [0.25, 0.3) is 0 Å². The minimum absolute atomic E-state index is 0.00513. The van der Waals surface area contributed by atoms with Gasteiger partial charge >= 0.3 is 10.1 Å². The second kappa shape index (κ2) is 5.86. The van der Waals surface area contributed by atoms with E-state index in [0.717, 1.165) is 5.56 Å². The van der Waals surface area contributed by atoms with Crippen LogP contribution in [-0.2, 0) is 14.4 Å². The van der Waals surface area contributed by atoms with Gasteiger partial charge in [0, 0.05) is 10.9 Å². The van der Waals surface area contributed by atoms with Gasteiger partial charge in [-0.25, -0.2) is 0 Å². The lowest BCUT2D eigenvalue weighted by molar-refractivity contribution is 0.339. The largest absolute Gasteiger partial charge is 0.358 e. The molecule has 0 amide bonds. The van der Waals surface area contributed by atoms with Crippen molar-refractivity contribution in [3.05, 3.63) is 52.2 Å². The number of nitriles is 1. The van der Waals surface area contributed by atoms with Crippen LogP contribution in [0.1, 0.15) is 11.1 Å². The number of hydrogen-bond acceptors (Lipinski definition) is 6. The lowest BCUT2D eigenvalue weighted by Gasteiger charge is -2.02. The Morgan fingerprint density at radius 2 is 2.00 bits per heavy atom. The smallest absolute Gasteiger partial charge is 0.263 e. The molecule has 0 spiro atoms. The molecule has 5 nitrogen and oxygen atoms in total. The molecule has 2 rings (SSSR count). The predicted octanol–water partition coefficient (Wildman–Crippen LogP) is 2.69. The Morgan fingerprint density at radius 3 is 2.55 bits per heavy atom. The first-order valence-corrected chi connectivity index (χ1v) is 7.89. The standard InChI is InChI=1S/C13H10N2O3S2/c1-10-2-4-12(5-3-10)20(16,17)18-15-13(8-14)11-6-7-19-9-11/h2-7,9H,1H3/b15-13-. The molecule has 0 bridgehead atoms. The fraction of sp³-hybridized carbons (Fsp3) is 0.0769. The zero-order valence-corrected chi connectivity index (χ0v) is 12.1. The van der Waals surface area contributed by atoms with E-state index in [0.29, 0.717) is 5.56 Å². The highest BCUT2D eigenvalue weighted by atomic mass is 32.2. The molecule has 1 aromatic heterocycles. The molecule has 0 atom stereocenters. The van der Waals surface area contributed by atoms with Gasteiger partial charge in [-0.05, 0) is 30.5 Å². The van der Waals surface area contributed by atoms with Crippen molar-refractivity contribution in [2.24, 2.45) is 5.16 Å². The number of oxime groups is 1. The first kappa shape index (κ1) is 14.2. The zero-order valence-electron chi connectivity index (χ0n) is 10.5. The van der Waals surface area contributed by atoms with Crippen molar-refractivity contribution in [2.45, 2.75) is 11.8 Å². The molecular weight excluding hydrogens is 296 g/mol. The van der Waals surface area contributed by atoms with Gasteiger partial charge in [-0.2, -0.15) is 25.0 Å². The van der Waals surface area contributed by atoms with Crippen LogP contribution < -0.4 is 0 Å². The van der Waals surface area contributed by atoms with Gasteiger partial charge in [0.05, 0.1) is 0 Å². The maximum Gasteiger partial charge on any atom is 0.358 e. The Morgan fingerprint density at radius 1 is 1.30 bits per heavy atom. The molecule has 1 aromatic carbocycles. The quantitative estimate of drug-likeness (QED) is 0.642. The maximum absolute atomic E-state index is 11.9. The number of rotatable bonds is 4. The van der Waals surface area contributed by atoms with E-state index in [1.165, 1.54) is 23.5 Å². The van der Waals surface area contributed by atoms with Crippen LogP contribution in [0.2, 0.25) is 0 Å². The van der Waals surface area contributed by atoms with Gasteiger partial charge < -0.3 is 0 Å². The Balaban J connectivity index is 2.25. The Kier molecular flexibility index (Phi) is 4.17. The highest BCUT2D eigenvalue weighted by Gasteiger charge is 2.16. The molecule has 0 saturated carbocycles. The minimum atomic E-state index is -4.01. The van der Waals surface area contributed by atoms with Crippen LogP contribution >= 0.6 is 11.3 Å². The van der Waals surface area contributed by atoms with Crippen molar-refractivity contribution >= 4 is 27.2 Å². The van der Waals surface area contributed by atoms with Crippen molar-refractivity contribution in [2.75, 3.05) is 0 Å². The average Bonchev–Trinajstić information content (AvgIpc) is 2.94. The summed E-state index contributed by atoms with van der Waals surface area (Å²) in [5.41, 5.74) is 1.38. The third kappa shape index (κ3) is 3.23. The van der Waals surface area contributed by atoms with Gasteiger partial charge in [0.1, 0.15) is 11.0 Å². The van der Waals surface area contributed by atoms with Gasteiger partial charge in [0.25, 0.3) is 0 Å². The second-order valence-corrected chi connectivity index (χ2v) is 6.21. The highest BCUT2D eigenvalue weighted by Crippen LogP contribution is 2.14. The summed E-state index contributed by atoms with van der Waals surface area (Å²) in [6.45, 7) is 1.85. The SMILES string of the molecule is Cc1ccc(S(=O)(=O)O/N=C(/C#N)c2ccsc2)cc1. The van der Waals surface area contributed by atoms with Crippen molar-refractivity contribution in [1.82, 2.24) is 0 Å². The molecule has 0 unspecified atom stereocenters. The van der Waals surface area contributed by atoms with Gasteiger partial charge in [0.2, 0.25) is 0 Å². The van der Waals surface area contributed by atoms with Crippen molar-refractivity contribution in [3.8, 4) is 6.07 Å². The molecule has 0 saturated heterocycles. The van der Waals surface area contributed by atoms with Crippen LogP contribution in [0.5, 0.6) is 0 Å². The van der Waals surface area contributed by atoms with Gasteiger partial charge in [-0.3, -0.25) is 4.28 Å². The van der Waals surface area contributed by atoms with E-state index in [-0.39, 0.29) is 10.6 Å². The van der Waals surface area contributed by atoms with Gasteiger partial charge in [-0.15, -0.1) is 0 Å². The Hall–Kier alpha value is -2.17. The van der Waals surface area contributed by atoms with Crippen LogP contribution in [0.3, 0.4) is 0 Å². The van der Waals surface area contributed by atoms with Gasteiger partial charge in [0.15, 0.2) is 5.71 Å². The number of aryl methyl sites for hydroxylation is 1. The third-order valence-corrected chi connectivity index (χ3v) is 4.24. The van der Waals surface area contributed by atoms with Crippen molar-refractivity contribution < 1.29 is 12.7 Å². The monoisotopic (exact) mass is 306 g/mol. The molecule has 0 aliphatic carbocycles. The molecule has 0 fully saturated rings. The summed E-state index contributed by atoms with van der Waals surface area (Å²) in [5.74, 6) is 0. The maximum atomic E-state index is 11.9. The van der Waals surface area contributed by atoms with Crippen LogP contribution in [0, 0.1) is 18.3 Å². The summed E-state index contributed by atoms with van der Waals surface area (Å²) >= 11 is 1.38. The zero-order chi connectivity index (χ0) is 14.6. The molecule has 0 aliphatic heterocycles. The first-order chi connectivity index (χ1) is 9.53. The first-order valence-electron chi connectivity index (χ1n) is 5.54. The van der Waals surface area contributed by atoms with Crippen LogP contribution in [0.4, 0.5) is 0 Å². The van der Waals surface area contributed by atoms with Crippen molar-refractivity contribution in [1.29, 1.82) is 5.26 Å². The van der Waals surface area contributed by atoms with E-state index in [1.54, 1.807) is 35.0 Å².